The van der Waals surface area contributed by atoms with Gasteiger partial charge in [-0.1, -0.05) is 13.0 Å². The zero-order chi connectivity index (χ0) is 12.8. The summed E-state index contributed by atoms with van der Waals surface area (Å²) in [5.41, 5.74) is 0.539. The first-order chi connectivity index (χ1) is 8.74. The molecule has 1 aliphatic carbocycles. The van der Waals surface area contributed by atoms with Gasteiger partial charge in [-0.05, 0) is 36.1 Å². The molecule has 18 heavy (non-hydrogen) atoms. The minimum atomic E-state index is -0.405. The highest BCUT2D eigenvalue weighted by molar-refractivity contribution is 7.09. The van der Waals surface area contributed by atoms with Gasteiger partial charge in [-0.25, -0.2) is 0 Å². The predicted octanol–water partition coefficient (Wildman–Crippen LogP) is 2.41. The van der Waals surface area contributed by atoms with Gasteiger partial charge < -0.3 is 15.2 Å². The van der Waals surface area contributed by atoms with E-state index < -0.39 is 6.10 Å². The van der Waals surface area contributed by atoms with Crippen molar-refractivity contribution < 1.29 is 9.84 Å². The Morgan fingerprint density at radius 2 is 2.39 bits per heavy atom. The molecule has 1 heterocycles. The Bertz CT molecular complexity index is 336. The van der Waals surface area contributed by atoms with Crippen molar-refractivity contribution in [2.75, 3.05) is 19.7 Å². The number of hydrogen-bond acceptors (Lipinski definition) is 4. The van der Waals surface area contributed by atoms with E-state index in [2.05, 4.69) is 12.2 Å². The quantitative estimate of drug-likeness (QED) is 0.723. The van der Waals surface area contributed by atoms with Crippen LogP contribution in [0, 0.1) is 5.41 Å². The highest BCUT2D eigenvalue weighted by Crippen LogP contribution is 2.47. The van der Waals surface area contributed by atoms with Crippen molar-refractivity contribution >= 4 is 11.3 Å². The number of thiophene rings is 1. The Labute approximate surface area is 113 Å². The maximum absolute atomic E-state index is 9.78. The molecule has 1 aromatic heterocycles. The monoisotopic (exact) mass is 269 g/mol. The van der Waals surface area contributed by atoms with E-state index in [0.29, 0.717) is 25.2 Å². The van der Waals surface area contributed by atoms with Crippen molar-refractivity contribution in [3.05, 3.63) is 22.4 Å². The van der Waals surface area contributed by atoms with Gasteiger partial charge in [0.2, 0.25) is 0 Å². The summed E-state index contributed by atoms with van der Waals surface area (Å²) in [5, 5.41) is 15.2. The zero-order valence-corrected chi connectivity index (χ0v) is 11.8. The number of aliphatic hydroxyl groups excluding tert-OH is 1. The molecule has 0 aromatic carbocycles. The minimum absolute atomic E-state index is 0.405. The lowest BCUT2D eigenvalue weighted by molar-refractivity contribution is 0.0293. The molecule has 1 aliphatic rings. The molecule has 102 valence electrons. The van der Waals surface area contributed by atoms with Crippen molar-refractivity contribution in [3.8, 4) is 0 Å². The summed E-state index contributed by atoms with van der Waals surface area (Å²) in [7, 11) is 0. The smallest absolute Gasteiger partial charge is 0.0897 e. The Hall–Kier alpha value is -0.420. The minimum Gasteiger partial charge on any atom is -0.389 e. The standard InChI is InChI=1S/C14H23NO2S/c1-2-14(5-6-14)11-15-8-12(16)9-17-10-13-4-3-7-18-13/h3-4,7,12,15-16H,2,5-6,8-11H2,1H3. The lowest BCUT2D eigenvalue weighted by Gasteiger charge is -2.16. The topological polar surface area (TPSA) is 41.5 Å². The van der Waals surface area contributed by atoms with Crippen LogP contribution in [0.3, 0.4) is 0 Å². The SMILES string of the molecule is CCC1(CNCC(O)COCc2cccs2)CC1. The third-order valence-electron chi connectivity index (χ3n) is 3.72. The van der Waals surface area contributed by atoms with Crippen LogP contribution >= 0.6 is 11.3 Å². The third kappa shape index (κ3) is 4.35. The highest BCUT2D eigenvalue weighted by atomic mass is 32.1. The van der Waals surface area contributed by atoms with Gasteiger partial charge >= 0.3 is 0 Å². The molecule has 4 heteroatoms. The first kappa shape index (κ1) is 14.0. The Morgan fingerprint density at radius 3 is 3.00 bits per heavy atom. The van der Waals surface area contributed by atoms with Crippen LogP contribution in [0.1, 0.15) is 31.1 Å². The summed E-state index contributed by atoms with van der Waals surface area (Å²) in [6, 6.07) is 4.06. The number of hydrogen-bond donors (Lipinski definition) is 2. The molecule has 0 radical (unpaired) electrons. The van der Waals surface area contributed by atoms with Gasteiger partial charge in [0.25, 0.3) is 0 Å². The Kier molecular flexibility index (Phi) is 5.18. The Balaban J connectivity index is 1.51. The van der Waals surface area contributed by atoms with Crippen molar-refractivity contribution in [2.24, 2.45) is 5.41 Å². The second-order valence-electron chi connectivity index (χ2n) is 5.23. The zero-order valence-electron chi connectivity index (χ0n) is 11.0. The van der Waals surface area contributed by atoms with Crippen LogP contribution < -0.4 is 5.32 Å². The summed E-state index contributed by atoms with van der Waals surface area (Å²) < 4.78 is 5.48. The van der Waals surface area contributed by atoms with E-state index in [4.69, 9.17) is 4.74 Å². The second-order valence-corrected chi connectivity index (χ2v) is 6.27. The van der Waals surface area contributed by atoms with E-state index in [1.165, 1.54) is 24.1 Å². The molecule has 0 saturated heterocycles. The van der Waals surface area contributed by atoms with E-state index in [0.717, 1.165) is 6.54 Å². The lowest BCUT2D eigenvalue weighted by atomic mass is 10.0. The summed E-state index contributed by atoms with van der Waals surface area (Å²) in [5.74, 6) is 0. The number of nitrogens with one attached hydrogen (secondary N) is 1. The van der Waals surface area contributed by atoms with Crippen LogP contribution in [0.25, 0.3) is 0 Å². The van der Waals surface area contributed by atoms with E-state index >= 15 is 0 Å². The summed E-state index contributed by atoms with van der Waals surface area (Å²) in [6.07, 6.45) is 3.51. The van der Waals surface area contributed by atoms with Gasteiger partial charge in [-0.3, -0.25) is 0 Å². The Morgan fingerprint density at radius 1 is 1.56 bits per heavy atom. The first-order valence-electron chi connectivity index (χ1n) is 6.73. The maximum atomic E-state index is 9.78. The van der Waals surface area contributed by atoms with Crippen LogP contribution in [0.15, 0.2) is 17.5 Å². The van der Waals surface area contributed by atoms with Gasteiger partial charge in [0, 0.05) is 18.0 Å². The van der Waals surface area contributed by atoms with Crippen molar-refractivity contribution in [1.29, 1.82) is 0 Å². The molecule has 0 bridgehead atoms. The largest absolute Gasteiger partial charge is 0.389 e. The number of rotatable bonds is 9. The summed E-state index contributed by atoms with van der Waals surface area (Å²) >= 11 is 1.68. The second kappa shape index (κ2) is 6.66. The van der Waals surface area contributed by atoms with Gasteiger partial charge in [0.05, 0.1) is 19.3 Å². The molecule has 2 N–H and O–H groups in total. The van der Waals surface area contributed by atoms with E-state index in [-0.39, 0.29) is 0 Å². The molecule has 2 rings (SSSR count). The van der Waals surface area contributed by atoms with Crippen LogP contribution in [0.5, 0.6) is 0 Å². The van der Waals surface area contributed by atoms with Crippen LogP contribution in [0.4, 0.5) is 0 Å². The molecule has 1 unspecified atom stereocenters. The molecular weight excluding hydrogens is 246 g/mol. The molecule has 1 atom stereocenters. The molecule has 1 aromatic rings. The lowest BCUT2D eigenvalue weighted by Crippen LogP contribution is -2.34. The normalized spacial score (nSPS) is 18.8. The van der Waals surface area contributed by atoms with Gasteiger partial charge in [0.1, 0.15) is 0 Å². The molecule has 1 saturated carbocycles. The van der Waals surface area contributed by atoms with E-state index in [9.17, 15) is 5.11 Å². The van der Waals surface area contributed by atoms with Crippen molar-refractivity contribution in [2.45, 2.75) is 38.9 Å². The summed E-state index contributed by atoms with van der Waals surface area (Å²) in [6.45, 7) is 4.92. The van der Waals surface area contributed by atoms with Gasteiger partial charge in [-0.15, -0.1) is 11.3 Å². The van der Waals surface area contributed by atoms with Gasteiger partial charge in [-0.2, -0.15) is 0 Å². The van der Waals surface area contributed by atoms with E-state index in [1.807, 2.05) is 17.5 Å². The van der Waals surface area contributed by atoms with Crippen molar-refractivity contribution in [1.82, 2.24) is 5.32 Å². The molecule has 1 fully saturated rings. The third-order valence-corrected chi connectivity index (χ3v) is 4.57. The van der Waals surface area contributed by atoms with Crippen LogP contribution in [0.2, 0.25) is 0 Å². The van der Waals surface area contributed by atoms with Crippen LogP contribution in [-0.2, 0) is 11.3 Å². The summed E-state index contributed by atoms with van der Waals surface area (Å²) in [4.78, 5) is 1.21. The first-order valence-corrected chi connectivity index (χ1v) is 7.61. The fourth-order valence-electron chi connectivity index (χ4n) is 2.09. The predicted molar refractivity (Wildman–Crippen MR) is 74.8 cm³/mol. The average Bonchev–Trinajstić information content (AvgIpc) is 2.96. The number of aliphatic hydroxyl groups is 1. The van der Waals surface area contributed by atoms with E-state index in [1.54, 1.807) is 11.3 Å². The maximum Gasteiger partial charge on any atom is 0.0897 e. The highest BCUT2D eigenvalue weighted by Gasteiger charge is 2.39. The van der Waals surface area contributed by atoms with Crippen LogP contribution in [-0.4, -0.2) is 30.9 Å². The fraction of sp³-hybridized carbons (Fsp3) is 0.714. The molecule has 0 aliphatic heterocycles. The van der Waals surface area contributed by atoms with Crippen molar-refractivity contribution in [3.63, 3.8) is 0 Å². The average molecular weight is 269 g/mol. The fourth-order valence-corrected chi connectivity index (χ4v) is 2.73. The number of ether oxygens (including phenoxy) is 1. The molecule has 0 amide bonds. The molecule has 3 nitrogen and oxygen atoms in total. The molecule has 0 spiro atoms. The molecular formula is C14H23NO2S. The van der Waals surface area contributed by atoms with Gasteiger partial charge in [0.15, 0.2) is 0 Å².